The third-order valence-electron chi connectivity index (χ3n) is 3.78. The van der Waals surface area contributed by atoms with Crippen molar-refractivity contribution in [1.82, 2.24) is 20.0 Å². The van der Waals surface area contributed by atoms with Crippen molar-refractivity contribution >= 4 is 5.91 Å². The molecule has 0 N–H and O–H groups in total. The van der Waals surface area contributed by atoms with Crippen LogP contribution in [0.25, 0.3) is 0 Å². The minimum absolute atomic E-state index is 0.175. The Balaban J connectivity index is 1.52. The Labute approximate surface area is 123 Å². The summed E-state index contributed by atoms with van der Waals surface area (Å²) in [5.41, 5.74) is 1.09. The van der Waals surface area contributed by atoms with Gasteiger partial charge in [0.05, 0.1) is 5.92 Å². The van der Waals surface area contributed by atoms with E-state index in [1.54, 1.807) is 19.3 Å². The molecular weight excluding hydrogens is 268 g/mol. The van der Waals surface area contributed by atoms with Gasteiger partial charge in [0.2, 0.25) is 11.8 Å². The van der Waals surface area contributed by atoms with E-state index in [0.29, 0.717) is 24.7 Å². The fourth-order valence-corrected chi connectivity index (χ4v) is 2.62. The average molecular weight is 286 g/mol. The van der Waals surface area contributed by atoms with E-state index in [4.69, 9.17) is 4.52 Å². The number of hydrogen-bond donors (Lipinski definition) is 0. The van der Waals surface area contributed by atoms with Crippen molar-refractivity contribution in [3.05, 3.63) is 41.8 Å². The molecule has 0 saturated carbocycles. The monoisotopic (exact) mass is 286 g/mol. The molecule has 6 heteroatoms. The molecule has 1 aliphatic heterocycles. The Hall–Kier alpha value is -2.24. The van der Waals surface area contributed by atoms with Crippen LogP contribution in [0.5, 0.6) is 0 Å². The van der Waals surface area contributed by atoms with Crippen LogP contribution in [0.15, 0.2) is 29.0 Å². The molecule has 1 saturated heterocycles. The summed E-state index contributed by atoms with van der Waals surface area (Å²) >= 11 is 0. The van der Waals surface area contributed by atoms with Crippen molar-refractivity contribution in [3.8, 4) is 0 Å². The topological polar surface area (TPSA) is 72.1 Å². The summed E-state index contributed by atoms with van der Waals surface area (Å²) in [6.45, 7) is 3.24. The summed E-state index contributed by atoms with van der Waals surface area (Å²) in [7, 11) is 0. The molecule has 2 aromatic heterocycles. The molecule has 1 fully saturated rings. The molecule has 21 heavy (non-hydrogen) atoms. The average Bonchev–Trinajstić information content (AvgIpc) is 3.14. The van der Waals surface area contributed by atoms with Gasteiger partial charge < -0.3 is 9.42 Å². The van der Waals surface area contributed by atoms with Crippen molar-refractivity contribution in [2.75, 3.05) is 13.1 Å². The van der Waals surface area contributed by atoms with Crippen molar-refractivity contribution < 1.29 is 9.32 Å². The molecule has 2 aromatic rings. The lowest BCUT2D eigenvalue weighted by Crippen LogP contribution is -2.28. The van der Waals surface area contributed by atoms with E-state index in [1.807, 2.05) is 17.0 Å². The van der Waals surface area contributed by atoms with Gasteiger partial charge in [-0.15, -0.1) is 0 Å². The molecule has 0 aromatic carbocycles. The number of rotatable bonds is 4. The van der Waals surface area contributed by atoms with Gasteiger partial charge in [-0.2, -0.15) is 4.98 Å². The lowest BCUT2D eigenvalue weighted by atomic mass is 10.1. The second-order valence-corrected chi connectivity index (χ2v) is 5.37. The lowest BCUT2D eigenvalue weighted by Gasteiger charge is -2.15. The Morgan fingerprint density at radius 3 is 3.14 bits per heavy atom. The number of aromatic nitrogens is 3. The zero-order valence-corrected chi connectivity index (χ0v) is 12.0. The van der Waals surface area contributed by atoms with Crippen LogP contribution in [0.1, 0.15) is 36.0 Å². The quantitative estimate of drug-likeness (QED) is 0.855. The second kappa shape index (κ2) is 6.03. The summed E-state index contributed by atoms with van der Waals surface area (Å²) in [4.78, 5) is 22.4. The molecule has 6 nitrogen and oxygen atoms in total. The van der Waals surface area contributed by atoms with Gasteiger partial charge >= 0.3 is 0 Å². The van der Waals surface area contributed by atoms with Crippen molar-refractivity contribution in [1.29, 1.82) is 0 Å². The van der Waals surface area contributed by atoms with Crippen LogP contribution < -0.4 is 0 Å². The van der Waals surface area contributed by atoms with Crippen molar-refractivity contribution in [2.24, 2.45) is 0 Å². The highest BCUT2D eigenvalue weighted by Crippen LogP contribution is 2.26. The molecule has 0 spiro atoms. The molecule has 1 amide bonds. The first kappa shape index (κ1) is 13.7. The number of amides is 1. The molecule has 1 atom stereocenters. The maximum absolute atomic E-state index is 12.2. The van der Waals surface area contributed by atoms with Gasteiger partial charge in [0.1, 0.15) is 0 Å². The number of nitrogens with zero attached hydrogens (tertiary/aromatic N) is 4. The zero-order chi connectivity index (χ0) is 14.7. The molecule has 1 unspecified atom stereocenters. The number of carbonyl (C=O) groups is 1. The predicted molar refractivity (Wildman–Crippen MR) is 75.5 cm³/mol. The largest absolute Gasteiger partial charge is 0.342 e. The third kappa shape index (κ3) is 3.26. The van der Waals surface area contributed by atoms with Crippen LogP contribution in [0, 0.1) is 6.92 Å². The fourth-order valence-electron chi connectivity index (χ4n) is 2.62. The van der Waals surface area contributed by atoms with Gasteiger partial charge in [0.15, 0.2) is 5.82 Å². The van der Waals surface area contributed by atoms with E-state index in [2.05, 4.69) is 15.1 Å². The van der Waals surface area contributed by atoms with E-state index < -0.39 is 0 Å². The Morgan fingerprint density at radius 2 is 2.43 bits per heavy atom. The van der Waals surface area contributed by atoms with E-state index in [-0.39, 0.29) is 11.8 Å². The Bertz CT molecular complexity index is 611. The van der Waals surface area contributed by atoms with Crippen molar-refractivity contribution in [3.63, 3.8) is 0 Å². The van der Waals surface area contributed by atoms with E-state index >= 15 is 0 Å². The van der Waals surface area contributed by atoms with Gasteiger partial charge in [-0.3, -0.25) is 9.78 Å². The molecule has 3 heterocycles. The Morgan fingerprint density at radius 1 is 1.52 bits per heavy atom. The Kier molecular flexibility index (Phi) is 3.94. The van der Waals surface area contributed by atoms with Gasteiger partial charge in [-0.05, 0) is 31.4 Å². The highest BCUT2D eigenvalue weighted by atomic mass is 16.5. The summed E-state index contributed by atoms with van der Waals surface area (Å²) in [5.74, 6) is 1.65. The van der Waals surface area contributed by atoms with E-state index in [0.717, 1.165) is 24.9 Å². The molecule has 110 valence electrons. The van der Waals surface area contributed by atoms with Gasteiger partial charge in [-0.25, -0.2) is 0 Å². The van der Waals surface area contributed by atoms with Crippen LogP contribution >= 0.6 is 0 Å². The summed E-state index contributed by atoms with van der Waals surface area (Å²) in [5, 5.41) is 3.81. The maximum atomic E-state index is 12.2. The number of aryl methyl sites for hydroxylation is 2. The van der Waals surface area contributed by atoms with Crippen LogP contribution in [-0.4, -0.2) is 39.0 Å². The number of hydrogen-bond acceptors (Lipinski definition) is 5. The van der Waals surface area contributed by atoms with Crippen LogP contribution in [0.2, 0.25) is 0 Å². The number of carbonyl (C=O) groups excluding carboxylic acids is 1. The van der Waals surface area contributed by atoms with Crippen molar-refractivity contribution in [2.45, 2.75) is 32.1 Å². The first-order chi connectivity index (χ1) is 10.2. The predicted octanol–water partition coefficient (Wildman–Crippen LogP) is 1.72. The minimum Gasteiger partial charge on any atom is -0.342 e. The smallest absolute Gasteiger partial charge is 0.231 e. The molecule has 0 radical (unpaired) electrons. The van der Waals surface area contributed by atoms with E-state index in [1.165, 1.54) is 0 Å². The second-order valence-electron chi connectivity index (χ2n) is 5.37. The minimum atomic E-state index is 0.175. The third-order valence-corrected chi connectivity index (χ3v) is 3.78. The molecule has 3 rings (SSSR count). The maximum Gasteiger partial charge on any atom is 0.231 e. The fraction of sp³-hybridized carbons (Fsp3) is 0.467. The van der Waals surface area contributed by atoms with Crippen LogP contribution in [-0.2, 0) is 11.2 Å². The summed E-state index contributed by atoms with van der Waals surface area (Å²) in [6, 6.07) is 3.89. The van der Waals surface area contributed by atoms with Gasteiger partial charge in [-0.1, -0.05) is 11.2 Å². The van der Waals surface area contributed by atoms with E-state index in [9.17, 15) is 4.79 Å². The number of pyridine rings is 1. The molecule has 1 aliphatic rings. The number of likely N-dealkylation sites (tertiary alicyclic amines) is 1. The molecule has 0 aliphatic carbocycles. The van der Waals surface area contributed by atoms with Gasteiger partial charge in [0.25, 0.3) is 0 Å². The summed E-state index contributed by atoms with van der Waals surface area (Å²) in [6.07, 6.45) is 5.68. The highest BCUT2D eigenvalue weighted by molar-refractivity contribution is 5.76. The normalized spacial score (nSPS) is 18.1. The first-order valence-electron chi connectivity index (χ1n) is 7.19. The molecular formula is C15H18N4O2. The molecule has 0 bridgehead atoms. The first-order valence-corrected chi connectivity index (χ1v) is 7.19. The van der Waals surface area contributed by atoms with Gasteiger partial charge in [0, 0.05) is 31.9 Å². The SMILES string of the molecule is Cc1noc(C2CCN(C(=O)CCc3cccnc3)C2)n1. The highest BCUT2D eigenvalue weighted by Gasteiger charge is 2.30. The lowest BCUT2D eigenvalue weighted by molar-refractivity contribution is -0.130. The summed E-state index contributed by atoms with van der Waals surface area (Å²) < 4.78 is 5.20. The van der Waals surface area contributed by atoms with Crippen LogP contribution in [0.4, 0.5) is 0 Å². The zero-order valence-electron chi connectivity index (χ0n) is 12.0. The standard InChI is InChI=1S/C15H18N4O2/c1-11-17-15(21-18-11)13-6-8-19(10-13)14(20)5-4-12-3-2-7-16-9-12/h2-3,7,9,13H,4-6,8,10H2,1H3. The van der Waals surface area contributed by atoms with Crippen LogP contribution in [0.3, 0.4) is 0 Å².